The van der Waals surface area contributed by atoms with Crippen molar-refractivity contribution in [3.05, 3.63) is 63.7 Å². The lowest BCUT2D eigenvalue weighted by atomic mass is 9.82. The Balaban J connectivity index is 1.59. The maximum Gasteiger partial charge on any atom is 0.311 e. The van der Waals surface area contributed by atoms with Gasteiger partial charge in [0.15, 0.2) is 11.5 Å². The van der Waals surface area contributed by atoms with Crippen molar-refractivity contribution in [1.29, 1.82) is 0 Å². The van der Waals surface area contributed by atoms with Crippen LogP contribution in [-0.2, 0) is 19.2 Å². The molecule has 0 spiro atoms. The van der Waals surface area contributed by atoms with Crippen LogP contribution in [0.15, 0.2) is 42.5 Å². The summed E-state index contributed by atoms with van der Waals surface area (Å²) in [6, 6.07) is 13.0. The number of hydrogen-bond donors (Lipinski definition) is 0. The molecule has 2 aliphatic rings. The van der Waals surface area contributed by atoms with E-state index in [2.05, 4.69) is 23.6 Å². The first-order valence-electron chi connectivity index (χ1n) is 16.9. The maximum atomic E-state index is 14.1. The average Bonchev–Trinajstić information content (AvgIpc) is 3.70. The van der Waals surface area contributed by atoms with Crippen molar-refractivity contribution < 1.29 is 38.5 Å². The van der Waals surface area contributed by atoms with E-state index in [-0.39, 0.29) is 44.3 Å². The molecule has 0 aliphatic carbocycles. The number of hydrogen-bond acceptors (Lipinski definition) is 10. The summed E-state index contributed by atoms with van der Waals surface area (Å²) in [7, 11) is 1.61. The van der Waals surface area contributed by atoms with E-state index in [1.165, 1.54) is 0 Å². The first kappa shape index (κ1) is 35.8. The van der Waals surface area contributed by atoms with E-state index in [0.717, 1.165) is 49.7 Å². The van der Waals surface area contributed by atoms with Gasteiger partial charge in [0.2, 0.25) is 12.7 Å². The molecule has 4 rings (SSSR count). The summed E-state index contributed by atoms with van der Waals surface area (Å²) in [6.45, 7) is 6.77. The second kappa shape index (κ2) is 18.3. The molecule has 2 aromatic rings. The third-order valence-electron chi connectivity index (χ3n) is 8.89. The molecule has 0 bridgehead atoms. The molecule has 3 atom stereocenters. The summed E-state index contributed by atoms with van der Waals surface area (Å²) >= 11 is 0. The van der Waals surface area contributed by atoms with E-state index in [0.29, 0.717) is 49.7 Å². The minimum atomic E-state index is -0.788. The SMILES string of the molecule is CCCCN(CCCC)C(=O)CN1CC(c2ccc3c(c2)OCO3)C(C(=O)OCCCCCCO[N+](=O)[O-])C1c1ccc(OC)cc1. The Morgan fingerprint density at radius 2 is 1.57 bits per heavy atom. The number of nitrogens with zero attached hydrogens (tertiary/aromatic N) is 3. The highest BCUT2D eigenvalue weighted by atomic mass is 16.9. The third kappa shape index (κ3) is 9.96. The number of esters is 1. The minimum Gasteiger partial charge on any atom is -0.497 e. The minimum absolute atomic E-state index is 0.0541. The van der Waals surface area contributed by atoms with Crippen LogP contribution in [-0.4, -0.2) is 80.1 Å². The van der Waals surface area contributed by atoms with Crippen molar-refractivity contribution in [2.45, 2.75) is 77.2 Å². The van der Waals surface area contributed by atoms with Crippen molar-refractivity contribution in [1.82, 2.24) is 9.80 Å². The van der Waals surface area contributed by atoms with E-state index in [1.807, 2.05) is 47.4 Å². The monoisotopic (exact) mass is 655 g/mol. The predicted molar refractivity (Wildman–Crippen MR) is 175 cm³/mol. The van der Waals surface area contributed by atoms with Crippen LogP contribution in [0, 0.1) is 16.0 Å². The fraction of sp³-hybridized carbons (Fsp3) is 0.600. The molecule has 2 aliphatic heterocycles. The molecule has 2 heterocycles. The highest BCUT2D eigenvalue weighted by molar-refractivity contribution is 5.80. The first-order chi connectivity index (χ1) is 22.9. The molecule has 3 unspecified atom stereocenters. The Labute approximate surface area is 277 Å². The van der Waals surface area contributed by atoms with Crippen molar-refractivity contribution in [2.75, 3.05) is 53.3 Å². The highest BCUT2D eigenvalue weighted by Crippen LogP contribution is 2.48. The fourth-order valence-corrected chi connectivity index (χ4v) is 6.36. The van der Waals surface area contributed by atoms with Gasteiger partial charge in [-0.05, 0) is 67.5 Å². The molecule has 0 radical (unpaired) electrons. The quantitative estimate of drug-likeness (QED) is 0.0733. The number of methoxy groups -OCH3 is 1. The van der Waals surface area contributed by atoms with Gasteiger partial charge in [-0.25, -0.2) is 0 Å². The van der Waals surface area contributed by atoms with Crippen molar-refractivity contribution in [3.63, 3.8) is 0 Å². The van der Waals surface area contributed by atoms with Gasteiger partial charge < -0.3 is 28.7 Å². The van der Waals surface area contributed by atoms with Gasteiger partial charge in [-0.15, -0.1) is 10.1 Å². The number of ether oxygens (including phenoxy) is 4. The van der Waals surface area contributed by atoms with E-state index in [4.69, 9.17) is 18.9 Å². The number of benzene rings is 2. The van der Waals surface area contributed by atoms with Gasteiger partial charge in [0.05, 0.1) is 32.8 Å². The van der Waals surface area contributed by atoms with E-state index < -0.39 is 17.0 Å². The first-order valence-corrected chi connectivity index (χ1v) is 16.9. The summed E-state index contributed by atoms with van der Waals surface area (Å²) in [5.74, 6) is 0.876. The summed E-state index contributed by atoms with van der Waals surface area (Å²) in [4.78, 5) is 46.8. The van der Waals surface area contributed by atoms with Crippen molar-refractivity contribution in [2.24, 2.45) is 5.92 Å². The Hall–Kier alpha value is -4.06. The van der Waals surface area contributed by atoms with Crippen LogP contribution in [0.5, 0.6) is 17.2 Å². The number of fused-ring (bicyclic) bond motifs is 1. The van der Waals surface area contributed by atoms with Gasteiger partial charge in [0.25, 0.3) is 5.09 Å². The molecule has 1 fully saturated rings. The average molecular weight is 656 g/mol. The van der Waals surface area contributed by atoms with Gasteiger partial charge in [-0.3, -0.25) is 14.5 Å². The number of rotatable bonds is 20. The molecule has 12 nitrogen and oxygen atoms in total. The lowest BCUT2D eigenvalue weighted by molar-refractivity contribution is -0.757. The van der Waals surface area contributed by atoms with Crippen molar-refractivity contribution >= 4 is 11.9 Å². The highest BCUT2D eigenvalue weighted by Gasteiger charge is 2.49. The van der Waals surface area contributed by atoms with Crippen LogP contribution in [0.1, 0.15) is 88.3 Å². The van der Waals surface area contributed by atoms with Crippen LogP contribution in [0.2, 0.25) is 0 Å². The standard InChI is InChI=1S/C35H49N3O9/c1-4-6-18-36(19-7-5-2)32(39)24-37-23-29(27-14-17-30-31(22-27)46-25-45-30)33(34(37)26-12-15-28(43-3)16-13-26)35(40)44-20-10-8-9-11-21-47-38(41)42/h12-17,22,29,33-34H,4-11,18-21,23-25H2,1-3H3. The molecule has 47 heavy (non-hydrogen) atoms. The van der Waals surface area contributed by atoms with Gasteiger partial charge in [-0.2, -0.15) is 0 Å². The maximum absolute atomic E-state index is 14.1. The van der Waals surface area contributed by atoms with Crippen LogP contribution < -0.4 is 14.2 Å². The van der Waals surface area contributed by atoms with E-state index in [1.54, 1.807) is 7.11 Å². The van der Waals surface area contributed by atoms with E-state index >= 15 is 0 Å². The predicted octanol–water partition coefficient (Wildman–Crippen LogP) is 5.92. The molecule has 1 amide bonds. The molecule has 2 aromatic carbocycles. The number of amides is 1. The summed E-state index contributed by atoms with van der Waals surface area (Å²) < 4.78 is 22.6. The zero-order chi connectivity index (χ0) is 33.6. The van der Waals surface area contributed by atoms with Gasteiger partial charge in [-0.1, -0.05) is 51.3 Å². The Morgan fingerprint density at radius 1 is 0.915 bits per heavy atom. The Bertz CT molecular complexity index is 1300. The molecule has 258 valence electrons. The van der Waals surface area contributed by atoms with Crippen LogP contribution >= 0.6 is 0 Å². The molecular weight excluding hydrogens is 606 g/mol. The number of carbonyl (C=O) groups is 2. The topological polar surface area (TPSA) is 130 Å². The largest absolute Gasteiger partial charge is 0.497 e. The Kier molecular flexibility index (Phi) is 14.0. The van der Waals surface area contributed by atoms with Crippen LogP contribution in [0.4, 0.5) is 0 Å². The second-order valence-electron chi connectivity index (χ2n) is 12.1. The number of unbranched alkanes of at least 4 members (excludes halogenated alkanes) is 5. The molecule has 0 saturated carbocycles. The number of carbonyl (C=O) groups excluding carboxylic acids is 2. The van der Waals surface area contributed by atoms with Gasteiger partial charge >= 0.3 is 5.97 Å². The summed E-state index contributed by atoms with van der Waals surface area (Å²) in [5, 5.41) is 9.57. The van der Waals surface area contributed by atoms with Gasteiger partial charge in [0.1, 0.15) is 5.75 Å². The fourth-order valence-electron chi connectivity index (χ4n) is 6.36. The van der Waals surface area contributed by atoms with E-state index in [9.17, 15) is 19.7 Å². The molecule has 0 aromatic heterocycles. The Morgan fingerprint density at radius 3 is 2.23 bits per heavy atom. The zero-order valence-corrected chi connectivity index (χ0v) is 27.9. The van der Waals surface area contributed by atoms with Crippen molar-refractivity contribution in [3.8, 4) is 17.2 Å². The smallest absolute Gasteiger partial charge is 0.311 e. The third-order valence-corrected chi connectivity index (χ3v) is 8.89. The summed E-state index contributed by atoms with van der Waals surface area (Å²) in [6.07, 6.45) is 6.54. The summed E-state index contributed by atoms with van der Waals surface area (Å²) in [5.41, 5.74) is 1.83. The second-order valence-corrected chi connectivity index (χ2v) is 12.1. The van der Waals surface area contributed by atoms with Crippen LogP contribution in [0.3, 0.4) is 0 Å². The lowest BCUT2D eigenvalue weighted by Gasteiger charge is -2.30. The van der Waals surface area contributed by atoms with Gasteiger partial charge in [0, 0.05) is 31.6 Å². The zero-order valence-electron chi connectivity index (χ0n) is 27.9. The molecule has 0 N–H and O–H groups in total. The molecule has 1 saturated heterocycles. The normalized spacial score (nSPS) is 18.6. The van der Waals surface area contributed by atoms with Crippen LogP contribution in [0.25, 0.3) is 0 Å². The number of likely N-dealkylation sites (tertiary alicyclic amines) is 1. The molecule has 12 heteroatoms. The molecular formula is C35H49N3O9. The lowest BCUT2D eigenvalue weighted by Crippen LogP contribution is -2.42.